The van der Waals surface area contributed by atoms with E-state index in [0.717, 1.165) is 24.1 Å². The third kappa shape index (κ3) is 3.83. The van der Waals surface area contributed by atoms with Crippen molar-refractivity contribution in [1.29, 1.82) is 0 Å². The monoisotopic (exact) mass is 255 g/mol. The minimum atomic E-state index is -0.382. The molecule has 0 bridgehead atoms. The van der Waals surface area contributed by atoms with Crippen molar-refractivity contribution in [1.82, 2.24) is 0 Å². The van der Waals surface area contributed by atoms with Gasteiger partial charge in [-0.15, -0.1) is 0 Å². The van der Waals surface area contributed by atoms with Gasteiger partial charge in [0, 0.05) is 5.69 Å². The normalized spacial score (nSPS) is 13.8. The highest BCUT2D eigenvalue weighted by Gasteiger charge is 2.19. The molecule has 2 N–H and O–H groups in total. The van der Waals surface area contributed by atoms with Crippen LogP contribution in [0.4, 0.5) is 5.69 Å². The van der Waals surface area contributed by atoms with E-state index in [0.29, 0.717) is 0 Å². The molecular formula is C17H21NO. The summed E-state index contributed by atoms with van der Waals surface area (Å²) in [7, 11) is 0. The summed E-state index contributed by atoms with van der Waals surface area (Å²) in [6, 6.07) is 20.1. The van der Waals surface area contributed by atoms with E-state index in [-0.39, 0.29) is 12.1 Å². The molecule has 0 amide bonds. The molecule has 0 saturated heterocycles. The van der Waals surface area contributed by atoms with Gasteiger partial charge in [0.2, 0.25) is 0 Å². The van der Waals surface area contributed by atoms with Gasteiger partial charge in [0.05, 0.1) is 12.1 Å². The zero-order valence-corrected chi connectivity index (χ0v) is 11.3. The summed E-state index contributed by atoms with van der Waals surface area (Å²) in [6.45, 7) is 2.09. The average molecular weight is 255 g/mol. The Hall–Kier alpha value is -1.80. The number of benzene rings is 2. The van der Waals surface area contributed by atoms with Gasteiger partial charge >= 0.3 is 0 Å². The van der Waals surface area contributed by atoms with E-state index in [2.05, 4.69) is 24.4 Å². The molecule has 2 atom stereocenters. The third-order valence-corrected chi connectivity index (χ3v) is 3.22. The van der Waals surface area contributed by atoms with E-state index in [1.807, 2.05) is 48.5 Å². The number of hydrogen-bond donors (Lipinski definition) is 2. The smallest absolute Gasteiger partial charge is 0.0783 e. The Labute approximate surface area is 115 Å². The van der Waals surface area contributed by atoms with Crippen molar-refractivity contribution < 1.29 is 5.11 Å². The number of hydrogen-bond acceptors (Lipinski definition) is 2. The van der Waals surface area contributed by atoms with E-state index in [4.69, 9.17) is 0 Å². The summed E-state index contributed by atoms with van der Waals surface area (Å²) < 4.78 is 0. The van der Waals surface area contributed by atoms with Gasteiger partial charge in [-0.25, -0.2) is 0 Å². The van der Waals surface area contributed by atoms with Gasteiger partial charge in [-0.2, -0.15) is 0 Å². The first kappa shape index (κ1) is 13.6. The lowest BCUT2D eigenvalue weighted by atomic mass is 9.98. The Bertz CT molecular complexity index is 469. The molecule has 0 aliphatic carbocycles. The number of rotatable bonds is 6. The van der Waals surface area contributed by atoms with Crippen LogP contribution < -0.4 is 5.32 Å². The van der Waals surface area contributed by atoms with Crippen molar-refractivity contribution in [2.75, 3.05) is 5.32 Å². The van der Waals surface area contributed by atoms with Gasteiger partial charge in [-0.1, -0.05) is 61.9 Å². The fourth-order valence-corrected chi connectivity index (χ4v) is 2.24. The van der Waals surface area contributed by atoms with Crippen LogP contribution in [-0.2, 0) is 0 Å². The van der Waals surface area contributed by atoms with Gasteiger partial charge in [0.25, 0.3) is 0 Å². The SMILES string of the molecule is CCC[C@H](O)[C@@H](Nc1ccccc1)c1ccccc1. The topological polar surface area (TPSA) is 32.3 Å². The molecule has 0 aliphatic heterocycles. The highest BCUT2D eigenvalue weighted by atomic mass is 16.3. The molecule has 2 rings (SSSR count). The first-order valence-electron chi connectivity index (χ1n) is 6.86. The Balaban J connectivity index is 2.20. The molecule has 0 aliphatic rings. The molecule has 0 saturated carbocycles. The van der Waals surface area contributed by atoms with E-state index >= 15 is 0 Å². The van der Waals surface area contributed by atoms with Crippen LogP contribution in [0.5, 0.6) is 0 Å². The molecule has 2 aromatic carbocycles. The van der Waals surface area contributed by atoms with E-state index in [1.54, 1.807) is 0 Å². The van der Waals surface area contributed by atoms with Crippen molar-refractivity contribution in [3.05, 3.63) is 66.2 Å². The molecule has 19 heavy (non-hydrogen) atoms. The van der Waals surface area contributed by atoms with Crippen molar-refractivity contribution in [3.8, 4) is 0 Å². The first-order valence-corrected chi connectivity index (χ1v) is 6.86. The predicted molar refractivity (Wildman–Crippen MR) is 80.2 cm³/mol. The number of anilines is 1. The average Bonchev–Trinajstić information content (AvgIpc) is 2.47. The zero-order chi connectivity index (χ0) is 13.5. The highest BCUT2D eigenvalue weighted by Crippen LogP contribution is 2.24. The number of aliphatic hydroxyl groups is 1. The molecule has 2 aromatic rings. The molecule has 0 unspecified atom stereocenters. The predicted octanol–water partition coefficient (Wildman–Crippen LogP) is 4.00. The molecule has 0 aromatic heterocycles. The summed E-state index contributed by atoms with van der Waals surface area (Å²) in [5.74, 6) is 0. The van der Waals surface area contributed by atoms with E-state index in [9.17, 15) is 5.11 Å². The summed E-state index contributed by atoms with van der Waals surface area (Å²) >= 11 is 0. The lowest BCUT2D eigenvalue weighted by Gasteiger charge is -2.25. The second-order valence-corrected chi connectivity index (χ2v) is 4.75. The van der Waals surface area contributed by atoms with Crippen LogP contribution in [0.15, 0.2) is 60.7 Å². The van der Waals surface area contributed by atoms with Crippen LogP contribution in [0.2, 0.25) is 0 Å². The summed E-state index contributed by atoms with van der Waals surface area (Å²) in [6.07, 6.45) is 1.38. The number of nitrogens with one attached hydrogen (secondary N) is 1. The van der Waals surface area contributed by atoms with Crippen LogP contribution in [-0.4, -0.2) is 11.2 Å². The van der Waals surface area contributed by atoms with Crippen molar-refractivity contribution in [2.45, 2.75) is 31.9 Å². The highest BCUT2D eigenvalue weighted by molar-refractivity contribution is 5.45. The van der Waals surface area contributed by atoms with Crippen LogP contribution in [0.3, 0.4) is 0 Å². The molecule has 0 fully saturated rings. The molecule has 0 radical (unpaired) electrons. The maximum absolute atomic E-state index is 10.4. The quantitative estimate of drug-likeness (QED) is 0.817. The summed E-state index contributed by atoms with van der Waals surface area (Å²) in [5.41, 5.74) is 2.15. The number of aliphatic hydroxyl groups excluding tert-OH is 1. The van der Waals surface area contributed by atoms with Crippen molar-refractivity contribution >= 4 is 5.69 Å². The van der Waals surface area contributed by atoms with E-state index < -0.39 is 0 Å². The Morgan fingerprint density at radius 2 is 1.53 bits per heavy atom. The Kier molecular flexibility index (Phi) is 4.99. The molecule has 0 spiro atoms. The van der Waals surface area contributed by atoms with Crippen LogP contribution in [0.25, 0.3) is 0 Å². The van der Waals surface area contributed by atoms with Crippen molar-refractivity contribution in [3.63, 3.8) is 0 Å². The molecule has 100 valence electrons. The van der Waals surface area contributed by atoms with Crippen molar-refractivity contribution in [2.24, 2.45) is 0 Å². The lowest BCUT2D eigenvalue weighted by Crippen LogP contribution is -2.25. The van der Waals surface area contributed by atoms with Gasteiger partial charge in [0.15, 0.2) is 0 Å². The minimum absolute atomic E-state index is 0.0662. The van der Waals surface area contributed by atoms with Gasteiger partial charge in [0.1, 0.15) is 0 Å². The van der Waals surface area contributed by atoms with Gasteiger partial charge < -0.3 is 10.4 Å². The standard InChI is InChI=1S/C17H21NO/c1-2-9-16(19)17(14-10-5-3-6-11-14)18-15-12-7-4-8-13-15/h3-8,10-13,16-19H,2,9H2,1H3/t16-,17-/m0/s1. The Morgan fingerprint density at radius 1 is 0.947 bits per heavy atom. The second-order valence-electron chi connectivity index (χ2n) is 4.75. The molecule has 2 heteroatoms. The fraction of sp³-hybridized carbons (Fsp3) is 0.294. The maximum Gasteiger partial charge on any atom is 0.0783 e. The molecule has 0 heterocycles. The Morgan fingerprint density at radius 3 is 2.11 bits per heavy atom. The zero-order valence-electron chi connectivity index (χ0n) is 11.3. The minimum Gasteiger partial charge on any atom is -0.391 e. The van der Waals surface area contributed by atoms with Gasteiger partial charge in [-0.05, 0) is 24.1 Å². The summed E-state index contributed by atoms with van der Waals surface area (Å²) in [5, 5.41) is 13.8. The molecular weight excluding hydrogens is 234 g/mol. The second kappa shape index (κ2) is 6.95. The van der Waals surface area contributed by atoms with Crippen LogP contribution in [0.1, 0.15) is 31.4 Å². The van der Waals surface area contributed by atoms with E-state index in [1.165, 1.54) is 0 Å². The number of para-hydroxylation sites is 1. The third-order valence-electron chi connectivity index (χ3n) is 3.22. The lowest BCUT2D eigenvalue weighted by molar-refractivity contribution is 0.142. The molecule has 2 nitrogen and oxygen atoms in total. The largest absolute Gasteiger partial charge is 0.391 e. The fourth-order valence-electron chi connectivity index (χ4n) is 2.24. The maximum atomic E-state index is 10.4. The first-order chi connectivity index (χ1) is 9.31. The van der Waals surface area contributed by atoms with Gasteiger partial charge in [-0.3, -0.25) is 0 Å². The summed E-state index contributed by atoms with van der Waals surface area (Å²) in [4.78, 5) is 0. The van der Waals surface area contributed by atoms with Crippen LogP contribution >= 0.6 is 0 Å². The van der Waals surface area contributed by atoms with Crippen LogP contribution in [0, 0.1) is 0 Å².